The van der Waals surface area contributed by atoms with Gasteiger partial charge in [0, 0.05) is 28.6 Å². The lowest BCUT2D eigenvalue weighted by Gasteiger charge is -2.12. The second-order valence-corrected chi connectivity index (χ2v) is 8.48. The number of carbonyl (C=O) groups is 2. The van der Waals surface area contributed by atoms with Gasteiger partial charge in [-0.15, -0.1) is 23.1 Å². The molecule has 0 spiro atoms. The second kappa shape index (κ2) is 12.1. The Morgan fingerprint density at radius 3 is 2.59 bits per heavy atom. The molecular weight excluding hydrogens is 450 g/mol. The number of hydrogen-bond donors (Lipinski definition) is 1. The number of aromatic nitrogens is 2. The predicted octanol–water partition coefficient (Wildman–Crippen LogP) is 4.83. The number of pyridine rings is 1. The number of thioether (sulfide) groups is 1. The standard InChI is InChI=1S/C22H23N3O5S2/c1-28-19(26)9-8-15-14-32-22(24-15)25-21-18(30-16-6-4-3-5-7-16)12-17(13-23-21)31-11-10-20(27)29-2/h3-7,12-14H,8-11H2,1-2H3,(H,23,24,25). The Hall–Kier alpha value is -3.11. The van der Waals surface area contributed by atoms with Crippen LogP contribution in [0, 0.1) is 0 Å². The van der Waals surface area contributed by atoms with Crippen molar-refractivity contribution in [2.45, 2.75) is 24.2 Å². The average Bonchev–Trinajstić information content (AvgIpc) is 3.27. The molecule has 0 aliphatic carbocycles. The molecule has 2 aromatic heterocycles. The number of ether oxygens (including phenoxy) is 3. The number of esters is 2. The molecule has 32 heavy (non-hydrogen) atoms. The van der Waals surface area contributed by atoms with Crippen LogP contribution in [0.25, 0.3) is 0 Å². The summed E-state index contributed by atoms with van der Waals surface area (Å²) in [7, 11) is 2.74. The molecule has 10 heteroatoms. The first kappa shape index (κ1) is 23.6. The summed E-state index contributed by atoms with van der Waals surface area (Å²) in [5.41, 5.74) is 0.795. The summed E-state index contributed by atoms with van der Waals surface area (Å²) in [4.78, 5) is 32.6. The normalized spacial score (nSPS) is 10.4. The highest BCUT2D eigenvalue weighted by Gasteiger charge is 2.13. The number of para-hydroxylation sites is 1. The van der Waals surface area contributed by atoms with Crippen molar-refractivity contribution < 1.29 is 23.8 Å². The van der Waals surface area contributed by atoms with E-state index < -0.39 is 0 Å². The van der Waals surface area contributed by atoms with Crippen molar-refractivity contribution in [3.8, 4) is 11.5 Å². The first-order chi connectivity index (χ1) is 15.6. The van der Waals surface area contributed by atoms with E-state index in [-0.39, 0.29) is 18.4 Å². The van der Waals surface area contributed by atoms with Crippen LogP contribution in [0.3, 0.4) is 0 Å². The summed E-state index contributed by atoms with van der Waals surface area (Å²) >= 11 is 2.91. The number of aryl methyl sites for hydroxylation is 1. The Labute approximate surface area is 194 Å². The SMILES string of the molecule is COC(=O)CCSc1cnc(Nc2nc(CCC(=O)OC)cs2)c(Oc2ccccc2)c1. The fourth-order valence-corrected chi connectivity index (χ4v) is 4.13. The molecule has 0 bridgehead atoms. The van der Waals surface area contributed by atoms with Crippen molar-refractivity contribution in [1.29, 1.82) is 0 Å². The Morgan fingerprint density at radius 2 is 1.84 bits per heavy atom. The highest BCUT2D eigenvalue weighted by Crippen LogP contribution is 2.34. The van der Waals surface area contributed by atoms with Crippen molar-refractivity contribution in [2.24, 2.45) is 0 Å². The number of benzene rings is 1. The van der Waals surface area contributed by atoms with Gasteiger partial charge >= 0.3 is 11.9 Å². The molecule has 0 amide bonds. The lowest BCUT2D eigenvalue weighted by atomic mass is 10.2. The molecule has 3 rings (SSSR count). The zero-order chi connectivity index (χ0) is 22.8. The van der Waals surface area contributed by atoms with E-state index in [4.69, 9.17) is 4.74 Å². The maximum Gasteiger partial charge on any atom is 0.306 e. The smallest absolute Gasteiger partial charge is 0.306 e. The third-order valence-corrected chi connectivity index (χ3v) is 5.96. The lowest BCUT2D eigenvalue weighted by molar-refractivity contribution is -0.141. The molecule has 0 saturated carbocycles. The maximum atomic E-state index is 11.4. The van der Waals surface area contributed by atoms with E-state index in [1.165, 1.54) is 37.3 Å². The molecule has 0 aliphatic rings. The quantitative estimate of drug-likeness (QED) is 0.310. The van der Waals surface area contributed by atoms with Crippen molar-refractivity contribution >= 4 is 46.0 Å². The molecule has 2 heterocycles. The van der Waals surface area contributed by atoms with Gasteiger partial charge in [0.2, 0.25) is 0 Å². The zero-order valence-electron chi connectivity index (χ0n) is 17.7. The molecule has 168 valence electrons. The molecule has 3 aromatic rings. The molecular formula is C22H23N3O5S2. The molecule has 8 nitrogen and oxygen atoms in total. The number of anilines is 2. The van der Waals surface area contributed by atoms with Gasteiger partial charge in [-0.2, -0.15) is 0 Å². The van der Waals surface area contributed by atoms with Gasteiger partial charge in [-0.3, -0.25) is 9.59 Å². The minimum atomic E-state index is -0.270. The van der Waals surface area contributed by atoms with Crippen molar-refractivity contribution in [2.75, 3.05) is 25.3 Å². The molecule has 1 N–H and O–H groups in total. The Balaban J connectivity index is 1.74. The van der Waals surface area contributed by atoms with E-state index in [0.29, 0.717) is 41.0 Å². The lowest BCUT2D eigenvalue weighted by Crippen LogP contribution is -2.02. The Morgan fingerprint density at radius 1 is 1.09 bits per heavy atom. The summed E-state index contributed by atoms with van der Waals surface area (Å²) in [6, 6.07) is 11.3. The molecule has 0 aliphatic heterocycles. The minimum absolute atomic E-state index is 0.253. The topological polar surface area (TPSA) is 99.6 Å². The molecule has 0 unspecified atom stereocenters. The first-order valence-electron chi connectivity index (χ1n) is 9.78. The largest absolute Gasteiger partial charge is 0.469 e. The number of carbonyl (C=O) groups excluding carboxylic acids is 2. The van der Waals surface area contributed by atoms with Crippen molar-refractivity contribution in [1.82, 2.24) is 9.97 Å². The average molecular weight is 474 g/mol. The van der Waals surface area contributed by atoms with E-state index in [1.807, 2.05) is 41.8 Å². The van der Waals surface area contributed by atoms with Crippen LogP contribution in [0.1, 0.15) is 18.5 Å². The molecule has 0 fully saturated rings. The molecule has 1 aromatic carbocycles. The zero-order valence-corrected chi connectivity index (χ0v) is 19.3. The Bertz CT molecular complexity index is 1040. The van der Waals surface area contributed by atoms with E-state index in [2.05, 4.69) is 24.8 Å². The van der Waals surface area contributed by atoms with Gasteiger partial charge in [0.1, 0.15) is 5.75 Å². The van der Waals surface area contributed by atoms with Gasteiger partial charge in [0.05, 0.1) is 32.8 Å². The fourth-order valence-electron chi connectivity index (χ4n) is 2.56. The molecule has 0 radical (unpaired) electrons. The summed E-state index contributed by atoms with van der Waals surface area (Å²) < 4.78 is 15.4. The van der Waals surface area contributed by atoms with E-state index >= 15 is 0 Å². The van der Waals surface area contributed by atoms with Crippen LogP contribution < -0.4 is 10.1 Å². The monoisotopic (exact) mass is 473 g/mol. The van der Waals surface area contributed by atoms with Crippen LogP contribution >= 0.6 is 23.1 Å². The first-order valence-corrected chi connectivity index (χ1v) is 11.6. The highest BCUT2D eigenvalue weighted by atomic mass is 32.2. The summed E-state index contributed by atoms with van der Waals surface area (Å²) in [6.07, 6.45) is 2.80. The number of methoxy groups -OCH3 is 2. The van der Waals surface area contributed by atoms with Crippen molar-refractivity contribution in [3.05, 3.63) is 53.7 Å². The van der Waals surface area contributed by atoms with Crippen molar-refractivity contribution in [3.63, 3.8) is 0 Å². The minimum Gasteiger partial charge on any atom is -0.469 e. The van der Waals surface area contributed by atoms with Gasteiger partial charge in [0.15, 0.2) is 16.7 Å². The van der Waals surface area contributed by atoms with E-state index in [9.17, 15) is 9.59 Å². The fraction of sp³-hybridized carbons (Fsp3) is 0.273. The van der Waals surface area contributed by atoms with Gasteiger partial charge in [-0.25, -0.2) is 9.97 Å². The van der Waals surface area contributed by atoms with Crippen LogP contribution in [0.2, 0.25) is 0 Å². The number of thiazole rings is 1. The summed E-state index contributed by atoms with van der Waals surface area (Å²) in [5, 5.41) is 5.73. The van der Waals surface area contributed by atoms with Crippen LogP contribution in [0.4, 0.5) is 10.9 Å². The van der Waals surface area contributed by atoms with Crippen LogP contribution in [0.15, 0.2) is 52.9 Å². The van der Waals surface area contributed by atoms with Gasteiger partial charge in [-0.1, -0.05) is 18.2 Å². The van der Waals surface area contributed by atoms with E-state index in [1.54, 1.807) is 6.20 Å². The third kappa shape index (κ3) is 7.24. The van der Waals surface area contributed by atoms with E-state index in [0.717, 1.165) is 10.6 Å². The predicted molar refractivity (Wildman–Crippen MR) is 124 cm³/mol. The number of hydrogen-bond acceptors (Lipinski definition) is 10. The van der Waals surface area contributed by atoms with Gasteiger partial charge in [-0.05, 0) is 18.2 Å². The number of rotatable bonds is 11. The summed E-state index contributed by atoms with van der Waals surface area (Å²) in [6.45, 7) is 0. The summed E-state index contributed by atoms with van der Waals surface area (Å²) in [5.74, 6) is 1.77. The second-order valence-electron chi connectivity index (χ2n) is 6.45. The van der Waals surface area contributed by atoms with Crippen LogP contribution in [0.5, 0.6) is 11.5 Å². The number of nitrogens with one attached hydrogen (secondary N) is 1. The molecule has 0 saturated heterocycles. The van der Waals surface area contributed by atoms with Gasteiger partial charge < -0.3 is 19.5 Å². The molecule has 0 atom stereocenters. The maximum absolute atomic E-state index is 11.4. The number of nitrogens with zero attached hydrogens (tertiary/aromatic N) is 2. The third-order valence-electron chi connectivity index (χ3n) is 4.19. The van der Waals surface area contributed by atoms with Crippen LogP contribution in [-0.4, -0.2) is 41.9 Å². The Kier molecular flexibility index (Phi) is 8.88. The van der Waals surface area contributed by atoms with Crippen LogP contribution in [-0.2, 0) is 25.5 Å². The van der Waals surface area contributed by atoms with Gasteiger partial charge in [0.25, 0.3) is 0 Å². The highest BCUT2D eigenvalue weighted by molar-refractivity contribution is 7.99.